The fourth-order valence-corrected chi connectivity index (χ4v) is 4.93. The number of Topliss-reactive ketones (excluding diaryl/α,β-unsaturated/α-hetero) is 2. The zero-order chi connectivity index (χ0) is 33.1. The van der Waals surface area contributed by atoms with E-state index in [1.165, 1.54) is 36.4 Å². The van der Waals surface area contributed by atoms with Crippen molar-refractivity contribution in [1.29, 1.82) is 0 Å². The molecule has 0 amide bonds. The van der Waals surface area contributed by atoms with Crippen LogP contribution < -0.4 is 11.1 Å². The molecule has 0 fully saturated rings. The van der Waals surface area contributed by atoms with Gasteiger partial charge in [-0.3, -0.25) is 19.2 Å². The Morgan fingerprint density at radius 1 is 0.565 bits per heavy atom. The molecule has 0 saturated heterocycles. The molecule has 0 aliphatic heterocycles. The Labute approximate surface area is 265 Å². The van der Waals surface area contributed by atoms with Gasteiger partial charge in [0.2, 0.25) is 0 Å². The number of rotatable bonds is 6. The van der Waals surface area contributed by atoms with Crippen molar-refractivity contribution >= 4 is 56.3 Å². The van der Waals surface area contributed by atoms with E-state index in [0.717, 1.165) is 36.4 Å². The Kier molecular flexibility index (Phi) is 9.40. The first-order valence-corrected chi connectivity index (χ1v) is 14.0. The average molecular weight is 669 g/mol. The van der Waals surface area contributed by atoms with Crippen LogP contribution in [0.5, 0.6) is 0 Å². The van der Waals surface area contributed by atoms with E-state index in [0.29, 0.717) is 16.2 Å². The third kappa shape index (κ3) is 7.03. The van der Waals surface area contributed by atoms with Crippen LogP contribution in [0.25, 0.3) is 21.5 Å². The van der Waals surface area contributed by atoms with Crippen LogP contribution in [0.4, 0.5) is 17.6 Å². The molecule has 2 N–H and O–H groups in total. The van der Waals surface area contributed by atoms with Crippen LogP contribution in [0, 0.1) is 23.3 Å². The van der Waals surface area contributed by atoms with Crippen LogP contribution in [-0.4, -0.2) is 32.0 Å². The lowest BCUT2D eigenvalue weighted by Gasteiger charge is -2.05. The highest BCUT2D eigenvalue weighted by atomic mass is 35.5. The van der Waals surface area contributed by atoms with Gasteiger partial charge >= 0.3 is 0 Å². The van der Waals surface area contributed by atoms with Gasteiger partial charge in [0.05, 0.1) is 10.8 Å². The summed E-state index contributed by atoms with van der Waals surface area (Å²) in [6, 6.07) is 14.5. The number of aromatic amines is 2. The number of ketones is 2. The molecule has 0 spiro atoms. The first-order valence-electron chi connectivity index (χ1n) is 13.2. The second kappa shape index (κ2) is 13.4. The van der Waals surface area contributed by atoms with E-state index >= 15 is 0 Å². The third-order valence-electron chi connectivity index (χ3n) is 6.85. The number of carbonyl (C=O) groups excluding carboxylic acids is 2. The van der Waals surface area contributed by atoms with Gasteiger partial charge in [-0.15, -0.1) is 0 Å². The van der Waals surface area contributed by atoms with Gasteiger partial charge in [0.25, 0.3) is 11.1 Å². The van der Waals surface area contributed by atoms with Crippen molar-refractivity contribution in [1.82, 2.24) is 20.4 Å². The summed E-state index contributed by atoms with van der Waals surface area (Å²) in [5.74, 6) is -3.42. The smallest absolute Gasteiger partial charge is 0.272 e. The van der Waals surface area contributed by atoms with Crippen molar-refractivity contribution in [3.8, 4) is 0 Å². The van der Waals surface area contributed by atoms with E-state index in [-0.39, 0.29) is 50.8 Å². The largest absolute Gasteiger partial charge is 0.294 e. The summed E-state index contributed by atoms with van der Waals surface area (Å²) in [5.41, 5.74) is -0.568. The fourth-order valence-electron chi connectivity index (χ4n) is 4.52. The topological polar surface area (TPSA) is 126 Å². The predicted molar refractivity (Wildman–Crippen MR) is 164 cm³/mol. The van der Waals surface area contributed by atoms with Crippen LogP contribution in [0.3, 0.4) is 0 Å². The van der Waals surface area contributed by atoms with Crippen molar-refractivity contribution < 1.29 is 27.2 Å². The molecule has 0 aliphatic carbocycles. The highest BCUT2D eigenvalue weighted by Crippen LogP contribution is 2.22. The number of hydrogen-bond donors (Lipinski definition) is 2. The van der Waals surface area contributed by atoms with Gasteiger partial charge in [0.15, 0.2) is 21.9 Å². The summed E-state index contributed by atoms with van der Waals surface area (Å²) in [5, 5.41) is 13.1. The molecular weight excluding hydrogens is 651 g/mol. The number of nitrogens with one attached hydrogen (secondary N) is 2. The molecule has 0 unspecified atom stereocenters. The molecule has 2 aromatic heterocycles. The van der Waals surface area contributed by atoms with Crippen molar-refractivity contribution in [2.24, 2.45) is 0 Å². The molecule has 46 heavy (non-hydrogen) atoms. The van der Waals surface area contributed by atoms with Gasteiger partial charge in [0.1, 0.15) is 23.3 Å². The van der Waals surface area contributed by atoms with E-state index in [1.807, 2.05) is 0 Å². The van der Waals surface area contributed by atoms with Gasteiger partial charge in [-0.2, -0.15) is 10.2 Å². The van der Waals surface area contributed by atoms with Gasteiger partial charge < -0.3 is 0 Å². The zero-order valence-electron chi connectivity index (χ0n) is 23.1. The number of H-pyrrole nitrogens is 2. The minimum absolute atomic E-state index is 0.0368. The van der Waals surface area contributed by atoms with E-state index in [9.17, 15) is 36.7 Å². The molecule has 0 atom stereocenters. The number of aromatic nitrogens is 4. The Balaban J connectivity index is 0.000000181. The molecule has 2 heterocycles. The van der Waals surface area contributed by atoms with Crippen LogP contribution in [0.1, 0.15) is 31.8 Å². The normalized spacial score (nSPS) is 10.9. The number of nitrogens with zero attached hydrogens (tertiary/aromatic N) is 2. The van der Waals surface area contributed by atoms with Crippen molar-refractivity contribution in [2.45, 2.75) is 12.8 Å². The summed E-state index contributed by atoms with van der Waals surface area (Å²) < 4.78 is 53.6. The first-order chi connectivity index (χ1) is 21.9. The van der Waals surface area contributed by atoms with E-state index < -0.39 is 46.0 Å². The molecule has 6 rings (SSSR count). The highest BCUT2D eigenvalue weighted by Gasteiger charge is 2.15. The second-order valence-electron chi connectivity index (χ2n) is 9.88. The fraction of sp³-hybridized carbons (Fsp3) is 0.0625. The summed E-state index contributed by atoms with van der Waals surface area (Å²) in [6.07, 6.45) is -0.616. The molecule has 14 heteroatoms. The first kappa shape index (κ1) is 32.2. The summed E-state index contributed by atoms with van der Waals surface area (Å²) >= 11 is 11.8. The zero-order valence-corrected chi connectivity index (χ0v) is 24.6. The molecule has 0 saturated carbocycles. The van der Waals surface area contributed by atoms with Crippen LogP contribution in [0.2, 0.25) is 10.3 Å². The maximum Gasteiger partial charge on any atom is 0.272 e. The minimum atomic E-state index is -0.661. The van der Waals surface area contributed by atoms with Crippen LogP contribution in [-0.2, 0) is 12.8 Å². The highest BCUT2D eigenvalue weighted by molar-refractivity contribution is 6.34. The number of benzene rings is 4. The molecule has 4 aromatic carbocycles. The van der Waals surface area contributed by atoms with Gasteiger partial charge in [-0.25, -0.2) is 27.8 Å². The Hall–Kier alpha value is -5.20. The molecule has 0 bridgehead atoms. The Bertz CT molecular complexity index is 2290. The summed E-state index contributed by atoms with van der Waals surface area (Å²) in [7, 11) is 0. The van der Waals surface area contributed by atoms with Crippen LogP contribution >= 0.6 is 23.2 Å². The van der Waals surface area contributed by atoms with Crippen molar-refractivity contribution in [3.63, 3.8) is 0 Å². The van der Waals surface area contributed by atoms with Gasteiger partial charge in [-0.1, -0.05) is 41.4 Å². The monoisotopic (exact) mass is 668 g/mol. The number of carbonyl (C=O) groups is 2. The molecule has 0 radical (unpaired) electrons. The second-order valence-corrected chi connectivity index (χ2v) is 10.6. The van der Waals surface area contributed by atoms with Gasteiger partial charge in [-0.05, 0) is 65.7 Å². The molecule has 8 nitrogen and oxygen atoms in total. The Morgan fingerprint density at radius 2 is 1.00 bits per heavy atom. The molecule has 6 aromatic rings. The number of hydrogen-bond acceptors (Lipinski definition) is 6. The lowest BCUT2D eigenvalue weighted by molar-refractivity contribution is 0.0984. The van der Waals surface area contributed by atoms with Crippen molar-refractivity contribution in [2.75, 3.05) is 0 Å². The molecule has 232 valence electrons. The lowest BCUT2D eigenvalue weighted by atomic mass is 10.0. The minimum Gasteiger partial charge on any atom is -0.294 e. The SMILES string of the molecule is O=C(Cc1cc(F)ccc1F)c1ccc2c(=O)[nH]nc(Cl)c2c1.O=C(Cc1cc(F)ccc1F)c1ccc2c(Cl)n[nH]c(=O)c2c1. The van der Waals surface area contributed by atoms with Crippen LogP contribution in [0.15, 0.2) is 82.4 Å². The standard InChI is InChI=1S/2C16H9ClF2N2O2/c17-15-12-6-8(1-3-11(12)16(23)21-20-15)14(22)7-9-5-10(18)2-4-13(9)19;17-15-11-3-1-8(6-12(11)16(23)21-20-15)14(22)7-9-5-10(18)2-4-13(9)19/h2*1-6H,7H2,(H,21,23). The Morgan fingerprint density at radius 3 is 1.52 bits per heavy atom. The molecular formula is C32H18Cl2F4N4O4. The van der Waals surface area contributed by atoms with E-state index in [2.05, 4.69) is 20.4 Å². The summed E-state index contributed by atoms with van der Waals surface area (Å²) in [6.45, 7) is 0. The van der Waals surface area contributed by atoms with Gasteiger partial charge in [0, 0.05) is 34.7 Å². The van der Waals surface area contributed by atoms with E-state index in [1.54, 1.807) is 0 Å². The predicted octanol–water partition coefficient (Wildman–Crippen LogP) is 6.56. The van der Waals surface area contributed by atoms with Crippen molar-refractivity contribution in [3.05, 3.63) is 149 Å². The number of halogens is 6. The lowest BCUT2D eigenvalue weighted by Crippen LogP contribution is -2.11. The maximum atomic E-state index is 13.6. The summed E-state index contributed by atoms with van der Waals surface area (Å²) in [4.78, 5) is 47.9. The average Bonchev–Trinajstić information content (AvgIpc) is 3.04. The quantitative estimate of drug-likeness (QED) is 0.153. The third-order valence-corrected chi connectivity index (χ3v) is 7.42. The maximum absolute atomic E-state index is 13.6. The number of fused-ring (bicyclic) bond motifs is 2. The molecule has 0 aliphatic rings. The van der Waals surface area contributed by atoms with E-state index in [4.69, 9.17) is 23.2 Å².